The lowest BCUT2D eigenvalue weighted by molar-refractivity contribution is 1.33. The summed E-state index contributed by atoms with van der Waals surface area (Å²) in [5.74, 6) is 0. The van der Waals surface area contributed by atoms with E-state index >= 15 is 0 Å². The molecule has 2 aromatic heterocycles. The molecule has 0 amide bonds. The van der Waals surface area contributed by atoms with E-state index in [0.29, 0.717) is 0 Å². The molecular formula is C22H24P2S4. The largest absolute Gasteiger partial charge is 0.546 e. The molecule has 2 aromatic rings. The third-order valence-electron chi connectivity index (χ3n) is 5.99. The number of rotatable bonds is 3. The lowest BCUT2D eigenvalue weighted by Crippen LogP contribution is -2.00. The van der Waals surface area contributed by atoms with Crippen LogP contribution in [0.2, 0.25) is 0 Å². The van der Waals surface area contributed by atoms with Gasteiger partial charge in [-0.3, -0.25) is 0 Å². The molecule has 28 heavy (non-hydrogen) atoms. The van der Waals surface area contributed by atoms with Crippen molar-refractivity contribution in [1.29, 1.82) is 0 Å². The van der Waals surface area contributed by atoms with Crippen LogP contribution in [-0.4, -0.2) is 13.3 Å². The first-order valence-electron chi connectivity index (χ1n) is 9.19. The number of hydrogen-bond acceptors (Lipinski definition) is 4. The lowest BCUT2D eigenvalue weighted by atomic mass is 10.0. The van der Waals surface area contributed by atoms with Crippen LogP contribution in [0.3, 0.4) is 0 Å². The topological polar surface area (TPSA) is 0 Å². The van der Waals surface area contributed by atoms with Crippen LogP contribution in [0.25, 0.3) is 10.6 Å². The molecule has 0 aliphatic carbocycles. The maximum absolute atomic E-state index is 6.45. The van der Waals surface area contributed by atoms with Gasteiger partial charge in [0.25, 0.3) is 0 Å². The fourth-order valence-corrected chi connectivity index (χ4v) is 18.0. The molecule has 0 bridgehead atoms. The van der Waals surface area contributed by atoms with E-state index in [4.69, 9.17) is 24.5 Å². The van der Waals surface area contributed by atoms with Gasteiger partial charge in [-0.25, -0.2) is 0 Å². The Bertz CT molecular complexity index is 988. The highest BCUT2D eigenvalue weighted by molar-refractivity contribution is 8.50. The van der Waals surface area contributed by atoms with Gasteiger partial charge in [0.15, 0.2) is 0 Å². The van der Waals surface area contributed by atoms with Gasteiger partial charge in [0.05, 0.1) is 20.4 Å². The van der Waals surface area contributed by atoms with Crippen molar-refractivity contribution in [2.24, 2.45) is 0 Å². The van der Waals surface area contributed by atoms with E-state index in [2.05, 4.69) is 76.1 Å². The molecule has 2 aliphatic rings. The maximum atomic E-state index is 6.45. The average Bonchev–Trinajstić information content (AvgIpc) is 3.35. The number of hydrogen-bond donors (Lipinski definition) is 0. The van der Waals surface area contributed by atoms with Crippen molar-refractivity contribution < 1.29 is 0 Å². The zero-order chi connectivity index (χ0) is 20.4. The molecule has 146 valence electrons. The highest BCUT2D eigenvalue weighted by Gasteiger charge is 2.51. The summed E-state index contributed by atoms with van der Waals surface area (Å²) >= 11 is 16.5. The molecule has 2 aliphatic heterocycles. The monoisotopic (exact) mass is 478 g/mol. The van der Waals surface area contributed by atoms with E-state index < -0.39 is 12.9 Å². The van der Waals surface area contributed by atoms with E-state index in [1.165, 1.54) is 53.3 Å². The first kappa shape index (κ1) is 21.2. The Morgan fingerprint density at radius 3 is 1.21 bits per heavy atom. The summed E-state index contributed by atoms with van der Waals surface area (Å²) in [4.78, 5) is 2.67. The maximum Gasteiger partial charge on any atom is 0.121 e. The van der Waals surface area contributed by atoms with Crippen LogP contribution in [0.15, 0.2) is 67.9 Å². The van der Waals surface area contributed by atoms with E-state index in [1.54, 1.807) is 0 Å². The Hall–Kier alpha value is -0.0800. The first-order valence-corrected chi connectivity index (χ1v) is 17.5. The summed E-state index contributed by atoms with van der Waals surface area (Å²) in [6.45, 7) is 9.93. The molecule has 0 N–H and O–H groups in total. The molecule has 2 unspecified atom stereocenters. The van der Waals surface area contributed by atoms with Crippen molar-refractivity contribution in [3.05, 3.63) is 77.7 Å². The second-order valence-corrected chi connectivity index (χ2v) is 19.5. The minimum Gasteiger partial charge on any atom is -0.546 e. The van der Waals surface area contributed by atoms with Gasteiger partial charge in [-0.15, -0.1) is 22.7 Å². The Morgan fingerprint density at radius 1 is 0.607 bits per heavy atom. The Kier molecular flexibility index (Phi) is 5.49. The van der Waals surface area contributed by atoms with Crippen molar-refractivity contribution in [2.75, 3.05) is 13.3 Å². The fraction of sp³-hybridized carbons (Fsp3) is 0.273. The Labute approximate surface area is 188 Å². The van der Waals surface area contributed by atoms with Gasteiger partial charge in [-0.1, -0.05) is 12.1 Å². The van der Waals surface area contributed by atoms with Crippen molar-refractivity contribution in [3.63, 3.8) is 0 Å². The number of allylic oxidation sites excluding steroid dienone is 6. The average molecular weight is 479 g/mol. The van der Waals surface area contributed by atoms with E-state index in [9.17, 15) is 0 Å². The van der Waals surface area contributed by atoms with Crippen LogP contribution in [0, 0.1) is 0 Å². The second kappa shape index (κ2) is 7.26. The zero-order valence-corrected chi connectivity index (χ0v) is 22.0. The van der Waals surface area contributed by atoms with Crippen LogP contribution in [-0.2, 0) is 24.5 Å². The Balaban J connectivity index is 1.89. The third kappa shape index (κ3) is 2.95. The molecule has 2 atom stereocenters. The lowest BCUT2D eigenvalue weighted by Gasteiger charge is -2.36. The summed E-state index contributed by atoms with van der Waals surface area (Å²) in [6, 6.07) is 8.72. The van der Waals surface area contributed by atoms with Gasteiger partial charge in [-0.05, 0) is 74.7 Å². The normalized spacial score (nSPS) is 28.4. The van der Waals surface area contributed by atoms with E-state index in [1.807, 2.05) is 22.7 Å². The van der Waals surface area contributed by atoms with Gasteiger partial charge >= 0.3 is 0 Å². The van der Waals surface area contributed by atoms with Gasteiger partial charge in [-0.2, -0.15) is 0 Å². The molecule has 6 heteroatoms. The molecular weight excluding hydrogens is 454 g/mol. The molecule has 0 aromatic carbocycles. The summed E-state index contributed by atoms with van der Waals surface area (Å²) < 4.78 is 0. The highest BCUT2D eigenvalue weighted by Crippen LogP contribution is 2.87. The van der Waals surface area contributed by atoms with Crippen LogP contribution in [0.5, 0.6) is 0 Å². The molecule has 0 saturated carbocycles. The summed E-state index contributed by atoms with van der Waals surface area (Å²) in [5.41, 5.74) is 5.50. The van der Waals surface area contributed by atoms with Crippen LogP contribution in [0.4, 0.5) is 0 Å². The van der Waals surface area contributed by atoms with E-state index in [-0.39, 0.29) is 0 Å². The molecule has 4 heterocycles. The van der Waals surface area contributed by atoms with Gasteiger partial charge < -0.3 is 24.5 Å². The smallest absolute Gasteiger partial charge is 0.121 e. The van der Waals surface area contributed by atoms with Gasteiger partial charge in [0.2, 0.25) is 0 Å². The molecule has 0 fully saturated rings. The van der Waals surface area contributed by atoms with Gasteiger partial charge in [0.1, 0.15) is 10.6 Å². The van der Waals surface area contributed by atoms with E-state index in [0.717, 1.165) is 0 Å². The quantitative estimate of drug-likeness (QED) is 0.319. The van der Waals surface area contributed by atoms with Crippen LogP contribution >= 0.6 is 35.6 Å². The first-order chi connectivity index (χ1) is 13.1. The van der Waals surface area contributed by atoms with Crippen molar-refractivity contribution >= 4 is 70.7 Å². The standard InChI is InChI=1S/C22H24P2S4/c1-13-15(3)21(23(5,25)19(13)17-9-7-11-27-17)22-16(4)14(2)20(24(22,6)26)18-10-8-12-28-18/h7-12H,1-6H3. The predicted octanol–water partition coefficient (Wildman–Crippen LogP) is 8.77. The molecule has 0 nitrogen and oxygen atoms in total. The van der Waals surface area contributed by atoms with Crippen LogP contribution < -0.4 is 0 Å². The molecule has 0 saturated heterocycles. The van der Waals surface area contributed by atoms with Crippen molar-refractivity contribution in [3.8, 4) is 0 Å². The number of thiophene rings is 2. The van der Waals surface area contributed by atoms with Gasteiger partial charge in [0, 0.05) is 24.5 Å². The fourth-order valence-electron chi connectivity index (χ4n) is 4.59. The minimum atomic E-state index is -1.88. The van der Waals surface area contributed by atoms with Crippen LogP contribution in [0.1, 0.15) is 37.4 Å². The molecule has 0 radical (unpaired) electrons. The molecule has 4 rings (SSSR count). The second-order valence-electron chi connectivity index (χ2n) is 7.70. The molecule has 0 spiro atoms. The summed E-state index contributed by atoms with van der Waals surface area (Å²) in [5, 5.41) is 9.95. The van der Waals surface area contributed by atoms with Crippen molar-refractivity contribution in [2.45, 2.75) is 27.7 Å². The van der Waals surface area contributed by atoms with Crippen molar-refractivity contribution in [1.82, 2.24) is 0 Å². The third-order valence-corrected chi connectivity index (χ3v) is 16.1. The Morgan fingerprint density at radius 2 is 0.929 bits per heavy atom. The zero-order valence-electron chi connectivity index (χ0n) is 17.0. The highest BCUT2D eigenvalue weighted by atomic mass is 32.7. The summed E-state index contributed by atoms with van der Waals surface area (Å²) in [7, 11) is 0. The summed E-state index contributed by atoms with van der Waals surface area (Å²) in [6.07, 6.45) is 0. The predicted molar refractivity (Wildman–Crippen MR) is 140 cm³/mol. The SMILES string of the molecule is CC1=C(C2=C(C)C(C)=C(c3cccs3)[P+]2(C)[S-])[P+](C)([S-])C(c2cccs2)=C1C. The minimum absolute atomic E-state index is 1.33.